The monoisotopic (exact) mass is 512 g/mol. The minimum absolute atomic E-state index is 0.00361. The van der Waals surface area contributed by atoms with E-state index in [1.54, 1.807) is 0 Å². The van der Waals surface area contributed by atoms with Crippen molar-refractivity contribution in [2.24, 2.45) is 5.41 Å². The molecule has 7 heteroatoms. The van der Waals surface area contributed by atoms with Gasteiger partial charge in [-0.3, -0.25) is 9.59 Å². The first kappa shape index (κ1) is 26.5. The molecular formula is C29H37ClN2O4. The average molecular weight is 513 g/mol. The Kier molecular flexibility index (Phi) is 8.26. The van der Waals surface area contributed by atoms with Gasteiger partial charge in [0.1, 0.15) is 5.75 Å². The summed E-state index contributed by atoms with van der Waals surface area (Å²) in [7, 11) is 0. The van der Waals surface area contributed by atoms with Crippen LogP contribution in [0.15, 0.2) is 36.4 Å². The van der Waals surface area contributed by atoms with Crippen LogP contribution in [-0.2, 0) is 4.79 Å². The normalized spacial score (nSPS) is 20.9. The predicted molar refractivity (Wildman–Crippen MR) is 142 cm³/mol. The number of hydrogen-bond donors (Lipinski definition) is 1. The van der Waals surface area contributed by atoms with Crippen molar-refractivity contribution in [1.82, 2.24) is 9.80 Å². The Morgan fingerprint density at radius 1 is 1.03 bits per heavy atom. The number of aryl methyl sites for hydroxylation is 3. The van der Waals surface area contributed by atoms with Crippen molar-refractivity contribution in [2.45, 2.75) is 59.0 Å². The lowest BCUT2D eigenvalue weighted by molar-refractivity contribution is -0.137. The minimum atomic E-state index is -0.495. The summed E-state index contributed by atoms with van der Waals surface area (Å²) in [5.41, 5.74) is 3.05. The number of nitrogens with zero attached hydrogens (tertiary/aromatic N) is 2. The van der Waals surface area contributed by atoms with Crippen LogP contribution in [0.5, 0.6) is 5.75 Å². The number of ether oxygens (including phenoxy) is 1. The van der Waals surface area contributed by atoms with Gasteiger partial charge in [-0.2, -0.15) is 0 Å². The standard InChI is InChI=1S/C29H37ClN2O4/c1-20-7-4-5-8-25(20)28(35)32-12-6-11-29(18-32,17-26(34)31-13-9-23(33)10-14-31)19-36-24-15-21(2)27(30)22(3)16-24/h4-5,7-8,15-16,23,33H,6,9-14,17-19H2,1-3H3/t29-/m1/s1. The molecule has 2 saturated heterocycles. The minimum Gasteiger partial charge on any atom is -0.493 e. The molecule has 0 radical (unpaired) electrons. The van der Waals surface area contributed by atoms with Crippen LogP contribution in [0.1, 0.15) is 59.2 Å². The van der Waals surface area contributed by atoms with Gasteiger partial charge in [0.25, 0.3) is 5.91 Å². The summed E-state index contributed by atoms with van der Waals surface area (Å²) >= 11 is 6.35. The van der Waals surface area contributed by atoms with E-state index in [2.05, 4.69) is 0 Å². The first-order valence-electron chi connectivity index (χ1n) is 12.9. The smallest absolute Gasteiger partial charge is 0.254 e. The molecule has 2 heterocycles. The summed E-state index contributed by atoms with van der Waals surface area (Å²) in [6, 6.07) is 11.5. The molecule has 2 aromatic carbocycles. The fraction of sp³-hybridized carbons (Fsp3) is 0.517. The van der Waals surface area contributed by atoms with Crippen molar-refractivity contribution >= 4 is 23.4 Å². The quantitative estimate of drug-likeness (QED) is 0.595. The van der Waals surface area contributed by atoms with E-state index >= 15 is 0 Å². The fourth-order valence-corrected chi connectivity index (χ4v) is 5.56. The number of rotatable bonds is 6. The lowest BCUT2D eigenvalue weighted by atomic mass is 9.77. The van der Waals surface area contributed by atoms with Crippen molar-refractivity contribution in [1.29, 1.82) is 0 Å². The van der Waals surface area contributed by atoms with E-state index in [4.69, 9.17) is 16.3 Å². The highest BCUT2D eigenvalue weighted by molar-refractivity contribution is 6.32. The molecule has 0 saturated carbocycles. The van der Waals surface area contributed by atoms with E-state index in [9.17, 15) is 14.7 Å². The van der Waals surface area contributed by atoms with Crippen LogP contribution < -0.4 is 4.74 Å². The third-order valence-corrected chi connectivity index (χ3v) is 8.22. The van der Waals surface area contributed by atoms with Crippen molar-refractivity contribution < 1.29 is 19.4 Å². The van der Waals surface area contributed by atoms with Crippen LogP contribution in [0, 0.1) is 26.2 Å². The van der Waals surface area contributed by atoms with E-state index < -0.39 is 5.41 Å². The summed E-state index contributed by atoms with van der Waals surface area (Å²) in [6.07, 6.45) is 2.81. The largest absolute Gasteiger partial charge is 0.493 e. The number of amides is 2. The fourth-order valence-electron chi connectivity index (χ4n) is 5.45. The molecule has 0 aliphatic carbocycles. The van der Waals surface area contributed by atoms with Gasteiger partial charge < -0.3 is 19.6 Å². The molecule has 2 fully saturated rings. The Hall–Kier alpha value is -2.57. The number of likely N-dealkylation sites (tertiary alicyclic amines) is 2. The molecule has 2 aliphatic rings. The van der Waals surface area contributed by atoms with Gasteiger partial charge in [0, 0.05) is 48.6 Å². The van der Waals surface area contributed by atoms with Gasteiger partial charge in [-0.1, -0.05) is 29.8 Å². The third-order valence-electron chi connectivity index (χ3n) is 7.62. The lowest BCUT2D eigenvalue weighted by Gasteiger charge is -2.43. The first-order valence-corrected chi connectivity index (χ1v) is 13.3. The highest BCUT2D eigenvalue weighted by Crippen LogP contribution is 2.37. The van der Waals surface area contributed by atoms with Gasteiger partial charge in [-0.15, -0.1) is 0 Å². The number of carbonyl (C=O) groups is 2. The molecule has 2 aliphatic heterocycles. The van der Waals surface area contributed by atoms with Gasteiger partial charge in [0.15, 0.2) is 0 Å². The molecule has 0 aromatic heterocycles. The Balaban J connectivity index is 1.56. The predicted octanol–water partition coefficient (Wildman–Crippen LogP) is 4.94. The number of hydrogen-bond acceptors (Lipinski definition) is 4. The Morgan fingerprint density at radius 3 is 2.36 bits per heavy atom. The van der Waals surface area contributed by atoms with Crippen LogP contribution in [0.25, 0.3) is 0 Å². The molecule has 0 bridgehead atoms. The van der Waals surface area contributed by atoms with Crippen LogP contribution in [0.2, 0.25) is 5.02 Å². The highest BCUT2D eigenvalue weighted by atomic mass is 35.5. The molecule has 0 unspecified atom stereocenters. The molecule has 4 rings (SSSR count). The number of piperidine rings is 2. The number of benzene rings is 2. The second-order valence-electron chi connectivity index (χ2n) is 10.6. The summed E-state index contributed by atoms with van der Waals surface area (Å²) in [4.78, 5) is 30.6. The molecule has 36 heavy (non-hydrogen) atoms. The summed E-state index contributed by atoms with van der Waals surface area (Å²) in [6.45, 7) is 8.47. The molecule has 194 valence electrons. The molecule has 1 atom stereocenters. The van der Waals surface area contributed by atoms with E-state index in [-0.39, 0.29) is 17.9 Å². The summed E-state index contributed by atoms with van der Waals surface area (Å²) < 4.78 is 6.32. The second-order valence-corrected chi connectivity index (χ2v) is 11.0. The first-order chi connectivity index (χ1) is 17.2. The van der Waals surface area contributed by atoms with Crippen molar-refractivity contribution in [2.75, 3.05) is 32.8 Å². The molecule has 2 aromatic rings. The number of aliphatic hydroxyl groups excluding tert-OH is 1. The van der Waals surface area contributed by atoms with Crippen LogP contribution in [-0.4, -0.2) is 65.6 Å². The highest BCUT2D eigenvalue weighted by Gasteiger charge is 2.41. The lowest BCUT2D eigenvalue weighted by Crippen LogP contribution is -2.51. The number of carbonyl (C=O) groups excluding carboxylic acids is 2. The second kappa shape index (κ2) is 11.2. The Bertz CT molecular complexity index is 1090. The van der Waals surface area contributed by atoms with E-state index in [0.717, 1.165) is 40.3 Å². The number of halogens is 1. The summed E-state index contributed by atoms with van der Waals surface area (Å²) in [5, 5.41) is 10.6. The zero-order chi connectivity index (χ0) is 25.9. The maximum absolute atomic E-state index is 13.5. The molecule has 2 amide bonds. The van der Waals surface area contributed by atoms with E-state index in [0.29, 0.717) is 57.6 Å². The Labute approximate surface area is 219 Å². The van der Waals surface area contributed by atoms with Crippen molar-refractivity contribution in [3.05, 3.63) is 63.7 Å². The van der Waals surface area contributed by atoms with Gasteiger partial charge in [-0.25, -0.2) is 0 Å². The zero-order valence-electron chi connectivity index (χ0n) is 21.6. The van der Waals surface area contributed by atoms with Crippen LogP contribution in [0.3, 0.4) is 0 Å². The number of aliphatic hydroxyl groups is 1. The summed E-state index contributed by atoms with van der Waals surface area (Å²) in [5.74, 6) is 0.799. The maximum Gasteiger partial charge on any atom is 0.254 e. The van der Waals surface area contributed by atoms with Crippen molar-refractivity contribution in [3.63, 3.8) is 0 Å². The SMILES string of the molecule is Cc1ccccc1C(=O)N1CCC[C@@](COc2cc(C)c(Cl)c(C)c2)(CC(=O)N2CCC(O)CC2)C1. The van der Waals surface area contributed by atoms with Gasteiger partial charge in [-0.05, 0) is 81.3 Å². The Morgan fingerprint density at radius 2 is 1.69 bits per heavy atom. The van der Waals surface area contributed by atoms with E-state index in [1.807, 2.05) is 67.0 Å². The molecule has 1 N–H and O–H groups in total. The molecular weight excluding hydrogens is 476 g/mol. The maximum atomic E-state index is 13.5. The molecule has 6 nitrogen and oxygen atoms in total. The molecule has 0 spiro atoms. The third kappa shape index (κ3) is 6.04. The van der Waals surface area contributed by atoms with Crippen LogP contribution >= 0.6 is 11.6 Å². The van der Waals surface area contributed by atoms with Gasteiger partial charge in [0.05, 0.1) is 12.7 Å². The topological polar surface area (TPSA) is 70.1 Å². The van der Waals surface area contributed by atoms with Gasteiger partial charge >= 0.3 is 0 Å². The zero-order valence-corrected chi connectivity index (χ0v) is 22.3. The average Bonchev–Trinajstić information content (AvgIpc) is 2.86. The van der Waals surface area contributed by atoms with Crippen LogP contribution in [0.4, 0.5) is 0 Å². The van der Waals surface area contributed by atoms with Gasteiger partial charge in [0.2, 0.25) is 5.91 Å². The van der Waals surface area contributed by atoms with E-state index in [1.165, 1.54) is 0 Å². The van der Waals surface area contributed by atoms with Crippen molar-refractivity contribution in [3.8, 4) is 5.75 Å².